The molecule has 2 rings (SSSR count). The van der Waals surface area contributed by atoms with Crippen molar-refractivity contribution < 1.29 is 14.6 Å². The molecule has 92 valence electrons. The number of rotatable bonds is 3. The second-order valence-corrected chi connectivity index (χ2v) is 4.23. The van der Waals surface area contributed by atoms with Gasteiger partial charge in [-0.3, -0.25) is 4.79 Å². The number of nitrogens with one attached hydrogen (secondary N) is 1. The molecule has 2 unspecified atom stereocenters. The molecule has 5 heteroatoms. The minimum Gasteiger partial charge on any atom is -0.479 e. The first-order valence-corrected chi connectivity index (χ1v) is 5.57. The molecule has 1 aromatic carbocycles. The topological polar surface area (TPSA) is 84.6 Å². The molecule has 2 atom stereocenters. The maximum absolute atomic E-state index is 11.4. The normalized spacial score (nSPS) is 20.2. The maximum Gasteiger partial charge on any atom is 0.265 e. The fraction of sp³-hybridized carbons (Fsp3) is 0.417. The number of benzene rings is 1. The molecular weight excluding hydrogens is 220 g/mol. The van der Waals surface area contributed by atoms with Crippen LogP contribution in [-0.2, 0) is 11.2 Å². The van der Waals surface area contributed by atoms with Crippen molar-refractivity contribution in [1.29, 1.82) is 0 Å². The average molecular weight is 236 g/mol. The zero-order valence-corrected chi connectivity index (χ0v) is 9.64. The summed E-state index contributed by atoms with van der Waals surface area (Å²) in [5.74, 6) is 0.513. The second-order valence-electron chi connectivity index (χ2n) is 4.23. The van der Waals surface area contributed by atoms with E-state index in [1.807, 2.05) is 18.2 Å². The summed E-state index contributed by atoms with van der Waals surface area (Å²) in [6, 6.07) is 5.24. The van der Waals surface area contributed by atoms with E-state index in [1.54, 1.807) is 6.92 Å². The molecule has 1 aromatic rings. The van der Waals surface area contributed by atoms with Crippen LogP contribution in [0.1, 0.15) is 12.5 Å². The second kappa shape index (κ2) is 4.73. The highest BCUT2D eigenvalue weighted by atomic mass is 16.5. The van der Waals surface area contributed by atoms with Gasteiger partial charge < -0.3 is 20.9 Å². The van der Waals surface area contributed by atoms with E-state index in [2.05, 4.69) is 5.32 Å². The van der Waals surface area contributed by atoms with E-state index in [1.165, 1.54) is 0 Å². The number of aliphatic hydroxyl groups excluding tert-OH is 1. The summed E-state index contributed by atoms with van der Waals surface area (Å²) in [4.78, 5) is 11.4. The number of carbonyl (C=O) groups excluding carboxylic acids is 1. The van der Waals surface area contributed by atoms with Crippen LogP contribution in [0.25, 0.3) is 0 Å². The van der Waals surface area contributed by atoms with Gasteiger partial charge in [0.2, 0.25) is 0 Å². The lowest BCUT2D eigenvalue weighted by Crippen LogP contribution is -2.34. The summed E-state index contributed by atoms with van der Waals surface area (Å²) < 4.78 is 5.44. The zero-order valence-electron chi connectivity index (χ0n) is 9.64. The predicted octanol–water partition coefficient (Wildman–Crippen LogP) is 0.268. The number of aliphatic hydroxyl groups is 1. The van der Waals surface area contributed by atoms with Crippen molar-refractivity contribution in [3.63, 3.8) is 0 Å². The molecule has 0 radical (unpaired) electrons. The summed E-state index contributed by atoms with van der Waals surface area (Å²) in [6.07, 6.45) is 0.0999. The molecule has 5 nitrogen and oxygen atoms in total. The number of hydrogen-bond acceptors (Lipinski definition) is 4. The van der Waals surface area contributed by atoms with Gasteiger partial charge in [0.1, 0.15) is 5.75 Å². The fourth-order valence-corrected chi connectivity index (χ4v) is 1.75. The monoisotopic (exact) mass is 236 g/mol. The first-order chi connectivity index (χ1) is 8.10. The Balaban J connectivity index is 2.19. The van der Waals surface area contributed by atoms with Gasteiger partial charge in [0.15, 0.2) is 6.10 Å². The highest BCUT2D eigenvalue weighted by Crippen LogP contribution is 2.30. The Bertz CT molecular complexity index is 434. The molecule has 0 fully saturated rings. The van der Waals surface area contributed by atoms with Gasteiger partial charge >= 0.3 is 0 Å². The predicted molar refractivity (Wildman–Crippen MR) is 63.9 cm³/mol. The summed E-state index contributed by atoms with van der Waals surface area (Å²) >= 11 is 0. The summed E-state index contributed by atoms with van der Waals surface area (Å²) in [5.41, 5.74) is 7.29. The lowest BCUT2D eigenvalue weighted by atomic mass is 10.1. The van der Waals surface area contributed by atoms with Crippen molar-refractivity contribution in [2.45, 2.75) is 25.5 Å². The van der Waals surface area contributed by atoms with Crippen molar-refractivity contribution in [3.05, 3.63) is 23.8 Å². The number of carbonyl (C=O) groups is 1. The minimum absolute atomic E-state index is 0.0586. The van der Waals surface area contributed by atoms with Gasteiger partial charge in [-0.05, 0) is 31.0 Å². The van der Waals surface area contributed by atoms with E-state index < -0.39 is 6.10 Å². The third-order valence-electron chi connectivity index (χ3n) is 2.71. The smallest absolute Gasteiger partial charge is 0.265 e. The molecule has 0 spiro atoms. The molecule has 0 bridgehead atoms. The van der Waals surface area contributed by atoms with E-state index in [0.29, 0.717) is 17.9 Å². The van der Waals surface area contributed by atoms with Gasteiger partial charge in [0, 0.05) is 6.04 Å². The molecule has 0 saturated carbocycles. The van der Waals surface area contributed by atoms with Crippen molar-refractivity contribution in [3.8, 4) is 5.75 Å². The quantitative estimate of drug-likeness (QED) is 0.703. The van der Waals surface area contributed by atoms with Crippen LogP contribution in [-0.4, -0.2) is 29.8 Å². The van der Waals surface area contributed by atoms with Crippen LogP contribution < -0.4 is 15.8 Å². The first-order valence-electron chi connectivity index (χ1n) is 5.57. The van der Waals surface area contributed by atoms with Crippen LogP contribution in [0.5, 0.6) is 5.75 Å². The Morgan fingerprint density at radius 1 is 1.59 bits per heavy atom. The largest absolute Gasteiger partial charge is 0.479 e. The van der Waals surface area contributed by atoms with Crippen molar-refractivity contribution >= 4 is 11.6 Å². The van der Waals surface area contributed by atoms with E-state index in [9.17, 15) is 4.79 Å². The van der Waals surface area contributed by atoms with Crippen molar-refractivity contribution in [2.24, 2.45) is 5.73 Å². The Morgan fingerprint density at radius 3 is 3.06 bits per heavy atom. The molecule has 4 N–H and O–H groups in total. The Labute approximate surface area is 99.6 Å². The summed E-state index contributed by atoms with van der Waals surface area (Å²) in [6.45, 7) is 1.64. The number of hydrogen-bond donors (Lipinski definition) is 3. The van der Waals surface area contributed by atoms with Gasteiger partial charge in [-0.25, -0.2) is 0 Å². The minimum atomic E-state index is -0.465. The average Bonchev–Trinajstić information content (AvgIpc) is 2.31. The first kappa shape index (κ1) is 11.9. The van der Waals surface area contributed by atoms with E-state index >= 15 is 0 Å². The van der Waals surface area contributed by atoms with Crippen LogP contribution in [0.3, 0.4) is 0 Å². The van der Waals surface area contributed by atoms with Gasteiger partial charge in [0.05, 0.1) is 12.3 Å². The fourth-order valence-electron chi connectivity index (χ4n) is 1.75. The molecule has 1 aliphatic heterocycles. The Kier molecular flexibility index (Phi) is 3.31. The molecule has 1 amide bonds. The summed E-state index contributed by atoms with van der Waals surface area (Å²) in [5, 5.41) is 11.7. The van der Waals surface area contributed by atoms with Gasteiger partial charge in [-0.2, -0.15) is 0 Å². The van der Waals surface area contributed by atoms with Crippen LogP contribution in [0.2, 0.25) is 0 Å². The number of ether oxygens (including phenoxy) is 1. The molecule has 0 aromatic heterocycles. The Morgan fingerprint density at radius 2 is 2.35 bits per heavy atom. The van der Waals surface area contributed by atoms with Crippen LogP contribution in [0, 0.1) is 0 Å². The molecule has 17 heavy (non-hydrogen) atoms. The molecular formula is C12H16N2O3. The number of amides is 1. The van der Waals surface area contributed by atoms with Crippen molar-refractivity contribution in [2.75, 3.05) is 11.9 Å². The van der Waals surface area contributed by atoms with Gasteiger partial charge in [-0.1, -0.05) is 6.07 Å². The lowest BCUT2D eigenvalue weighted by molar-refractivity contribution is -0.122. The van der Waals surface area contributed by atoms with Crippen LogP contribution in [0.15, 0.2) is 18.2 Å². The molecule has 0 saturated heterocycles. The third-order valence-corrected chi connectivity index (χ3v) is 2.71. The SMILES string of the molecule is CC1Oc2ccc(CC(N)CO)cc2NC1=O. The van der Waals surface area contributed by atoms with E-state index in [0.717, 1.165) is 5.56 Å². The molecule has 0 aliphatic carbocycles. The summed E-state index contributed by atoms with van der Waals surface area (Å²) in [7, 11) is 0. The number of anilines is 1. The number of fused-ring (bicyclic) bond motifs is 1. The van der Waals surface area contributed by atoms with E-state index in [4.69, 9.17) is 15.6 Å². The van der Waals surface area contributed by atoms with Gasteiger partial charge in [0.25, 0.3) is 5.91 Å². The van der Waals surface area contributed by atoms with Crippen molar-refractivity contribution in [1.82, 2.24) is 0 Å². The molecule has 1 heterocycles. The highest BCUT2D eigenvalue weighted by Gasteiger charge is 2.23. The highest BCUT2D eigenvalue weighted by molar-refractivity contribution is 5.97. The lowest BCUT2D eigenvalue weighted by Gasteiger charge is -2.24. The standard InChI is InChI=1S/C12H16N2O3/c1-7-12(16)14-10-5-8(4-9(13)6-15)2-3-11(10)17-7/h2-3,5,7,9,15H,4,6,13H2,1H3,(H,14,16). The zero-order chi connectivity index (χ0) is 12.4. The van der Waals surface area contributed by atoms with Gasteiger partial charge in [-0.15, -0.1) is 0 Å². The van der Waals surface area contributed by atoms with Crippen LogP contribution in [0.4, 0.5) is 5.69 Å². The van der Waals surface area contributed by atoms with E-state index in [-0.39, 0.29) is 18.6 Å². The molecule has 1 aliphatic rings. The third kappa shape index (κ3) is 2.57. The Hall–Kier alpha value is -1.59. The van der Waals surface area contributed by atoms with Crippen LogP contribution >= 0.6 is 0 Å². The number of nitrogens with two attached hydrogens (primary N) is 1. The maximum atomic E-state index is 11.4.